The lowest BCUT2D eigenvalue weighted by Gasteiger charge is -2.42. The fourth-order valence-electron chi connectivity index (χ4n) is 3.36. The van der Waals surface area contributed by atoms with Crippen molar-refractivity contribution in [2.75, 3.05) is 5.73 Å². The molecule has 128 valence electrons. The summed E-state index contributed by atoms with van der Waals surface area (Å²) in [6, 6.07) is 40.8. The van der Waals surface area contributed by atoms with Crippen LogP contribution in [-0.4, -0.2) is 0 Å². The largest absolute Gasteiger partial charge is 0.399 e. The average molecular weight is 356 g/mol. The maximum Gasteiger partial charge on any atom is 0.0314 e. The molecule has 0 saturated carbocycles. The Bertz CT molecular complexity index is 868. The topological polar surface area (TPSA) is 26.0 Å². The van der Waals surface area contributed by atoms with Gasteiger partial charge in [0.15, 0.2) is 0 Å². The lowest BCUT2D eigenvalue weighted by Crippen LogP contribution is -2.05. The van der Waals surface area contributed by atoms with Crippen LogP contribution in [0.25, 0.3) is 0 Å². The predicted molar refractivity (Wildman–Crippen MR) is 111 cm³/mol. The summed E-state index contributed by atoms with van der Waals surface area (Å²) in [6.07, 6.45) is 0. The van der Waals surface area contributed by atoms with E-state index in [9.17, 15) is 0 Å². The third-order valence-electron chi connectivity index (χ3n) is 4.52. The van der Waals surface area contributed by atoms with E-state index in [1.54, 1.807) is 0 Å². The van der Waals surface area contributed by atoms with Gasteiger partial charge in [0, 0.05) is 25.3 Å². The minimum atomic E-state index is -1.58. The Balaban J connectivity index is 2.12. The van der Waals surface area contributed by atoms with Gasteiger partial charge in [0.2, 0.25) is 0 Å². The highest BCUT2D eigenvalue weighted by Gasteiger charge is 2.32. The molecule has 2 heteroatoms. The molecule has 0 unspecified atom stereocenters. The van der Waals surface area contributed by atoms with Crippen LogP contribution >= 0.6 is 10.0 Å². The van der Waals surface area contributed by atoms with Crippen LogP contribution in [0.3, 0.4) is 0 Å². The smallest absolute Gasteiger partial charge is 0.0314 e. The van der Waals surface area contributed by atoms with Crippen LogP contribution in [0.15, 0.2) is 135 Å². The number of anilines is 1. The van der Waals surface area contributed by atoms with Crippen molar-refractivity contribution in [2.45, 2.75) is 19.6 Å². The van der Waals surface area contributed by atoms with E-state index < -0.39 is 10.0 Å². The van der Waals surface area contributed by atoms with E-state index in [1.165, 1.54) is 19.6 Å². The van der Waals surface area contributed by atoms with Crippen LogP contribution < -0.4 is 5.73 Å². The summed E-state index contributed by atoms with van der Waals surface area (Å²) in [4.78, 5) is 5.25. The van der Waals surface area contributed by atoms with E-state index >= 15 is 0 Å². The van der Waals surface area contributed by atoms with Gasteiger partial charge in [-0.15, -0.1) is 10.0 Å². The van der Waals surface area contributed by atoms with Crippen molar-refractivity contribution in [1.82, 2.24) is 0 Å². The van der Waals surface area contributed by atoms with Crippen molar-refractivity contribution >= 4 is 15.7 Å². The van der Waals surface area contributed by atoms with Crippen molar-refractivity contribution in [1.29, 1.82) is 0 Å². The third kappa shape index (κ3) is 2.79. The molecule has 0 radical (unpaired) electrons. The van der Waals surface area contributed by atoms with Gasteiger partial charge < -0.3 is 5.73 Å². The molecule has 0 heterocycles. The first-order valence-corrected chi connectivity index (χ1v) is 10.3. The van der Waals surface area contributed by atoms with E-state index in [4.69, 9.17) is 5.73 Å². The average Bonchev–Trinajstić information content (AvgIpc) is 2.72. The number of hydrogen-bond acceptors (Lipinski definition) is 1. The maximum absolute atomic E-state index is 6.00. The second-order valence-electron chi connectivity index (χ2n) is 6.12. The summed E-state index contributed by atoms with van der Waals surface area (Å²) < 4.78 is 0. The highest BCUT2D eigenvalue weighted by molar-refractivity contribution is 8.34. The molecule has 26 heavy (non-hydrogen) atoms. The number of nitrogen functional groups attached to an aromatic ring is 1. The molecule has 0 atom stereocenters. The highest BCUT2D eigenvalue weighted by Crippen LogP contribution is 2.73. The molecule has 4 rings (SSSR count). The molecule has 0 aliphatic heterocycles. The Morgan fingerprint density at radius 1 is 0.385 bits per heavy atom. The van der Waals surface area contributed by atoms with E-state index in [-0.39, 0.29) is 0 Å². The highest BCUT2D eigenvalue weighted by atomic mass is 32.3. The first-order chi connectivity index (χ1) is 12.8. The number of benzene rings is 4. The first kappa shape index (κ1) is 16.5. The van der Waals surface area contributed by atoms with Gasteiger partial charge in [0.25, 0.3) is 0 Å². The molecule has 0 saturated heterocycles. The summed E-state index contributed by atoms with van der Waals surface area (Å²) in [6.45, 7) is 0. The van der Waals surface area contributed by atoms with E-state index in [1.807, 2.05) is 12.1 Å². The Morgan fingerprint density at radius 3 is 1.04 bits per heavy atom. The van der Waals surface area contributed by atoms with Gasteiger partial charge >= 0.3 is 0 Å². The van der Waals surface area contributed by atoms with E-state index in [0.717, 1.165) is 5.69 Å². The molecule has 1 nitrogen and oxygen atoms in total. The molecule has 0 aliphatic rings. The third-order valence-corrected chi connectivity index (χ3v) is 8.44. The number of nitrogens with two attached hydrogens (primary N) is 1. The molecule has 0 amide bonds. The van der Waals surface area contributed by atoms with Crippen LogP contribution in [0.5, 0.6) is 0 Å². The molecule has 2 N–H and O–H groups in total. The second kappa shape index (κ2) is 7.11. The van der Waals surface area contributed by atoms with Crippen LogP contribution in [0, 0.1) is 0 Å². The zero-order chi connectivity index (χ0) is 17.8. The van der Waals surface area contributed by atoms with Gasteiger partial charge in [0.05, 0.1) is 0 Å². The van der Waals surface area contributed by atoms with Crippen molar-refractivity contribution in [3.8, 4) is 0 Å². The van der Waals surface area contributed by atoms with Crippen LogP contribution in [-0.2, 0) is 0 Å². The molecular weight excluding hydrogens is 334 g/mol. The standard InChI is InChI=1S/C24H21NS/c25-20-16-18-24(19-17-20)26(21-10-4-1-5-11-21,22-12-6-2-7-13-22)23-14-8-3-9-15-23/h1-19H,25H2. The predicted octanol–water partition coefficient (Wildman–Crippen LogP) is 6.61. The quantitative estimate of drug-likeness (QED) is 0.410. The van der Waals surface area contributed by atoms with Gasteiger partial charge in [-0.05, 0) is 60.7 Å². The van der Waals surface area contributed by atoms with Gasteiger partial charge in [-0.3, -0.25) is 0 Å². The first-order valence-electron chi connectivity index (χ1n) is 8.66. The SMILES string of the molecule is Nc1ccc(S(c2ccccc2)(c2ccccc2)c2ccccc2)cc1. The van der Waals surface area contributed by atoms with E-state index in [0.29, 0.717) is 0 Å². The Kier molecular flexibility index (Phi) is 4.51. The lowest BCUT2D eigenvalue weighted by molar-refractivity contribution is 1.24. The Labute approximate surface area is 156 Å². The molecule has 0 aliphatic carbocycles. The molecule has 0 aromatic heterocycles. The van der Waals surface area contributed by atoms with Gasteiger partial charge in [0.1, 0.15) is 0 Å². The molecule has 0 bridgehead atoms. The van der Waals surface area contributed by atoms with Crippen molar-refractivity contribution in [3.05, 3.63) is 115 Å². The molecule has 4 aromatic carbocycles. The van der Waals surface area contributed by atoms with Gasteiger partial charge in [-0.2, -0.15) is 0 Å². The van der Waals surface area contributed by atoms with Crippen molar-refractivity contribution in [3.63, 3.8) is 0 Å². The number of hydrogen-bond donors (Lipinski definition) is 1. The minimum Gasteiger partial charge on any atom is -0.399 e. The van der Waals surface area contributed by atoms with Gasteiger partial charge in [-0.1, -0.05) is 54.6 Å². The summed E-state index contributed by atoms with van der Waals surface area (Å²) in [5.74, 6) is 0. The summed E-state index contributed by atoms with van der Waals surface area (Å²) in [5.41, 5.74) is 6.78. The van der Waals surface area contributed by atoms with Crippen molar-refractivity contribution < 1.29 is 0 Å². The van der Waals surface area contributed by atoms with Gasteiger partial charge in [-0.25, -0.2) is 0 Å². The molecule has 4 aromatic rings. The molecule has 0 spiro atoms. The zero-order valence-corrected chi connectivity index (χ0v) is 15.3. The fourth-order valence-corrected chi connectivity index (χ4v) is 7.24. The Hall–Kier alpha value is -2.97. The zero-order valence-electron chi connectivity index (χ0n) is 14.5. The Morgan fingerprint density at radius 2 is 0.692 bits per heavy atom. The normalized spacial score (nSPS) is 11.8. The molecule has 0 fully saturated rings. The van der Waals surface area contributed by atoms with Crippen LogP contribution in [0.2, 0.25) is 0 Å². The van der Waals surface area contributed by atoms with Crippen molar-refractivity contribution in [2.24, 2.45) is 0 Å². The second-order valence-corrected chi connectivity index (χ2v) is 9.23. The maximum atomic E-state index is 6.00. The summed E-state index contributed by atoms with van der Waals surface area (Å²) in [7, 11) is -1.58. The van der Waals surface area contributed by atoms with Crippen LogP contribution in [0.1, 0.15) is 0 Å². The lowest BCUT2D eigenvalue weighted by atomic mass is 10.3. The molecular formula is C24H21NS. The minimum absolute atomic E-state index is 0.788. The van der Waals surface area contributed by atoms with Crippen LogP contribution in [0.4, 0.5) is 5.69 Å². The monoisotopic (exact) mass is 355 g/mol. The fraction of sp³-hybridized carbons (Fsp3) is 0. The van der Waals surface area contributed by atoms with E-state index in [2.05, 4.69) is 103 Å². The summed E-state index contributed by atoms with van der Waals surface area (Å²) >= 11 is 0. The number of rotatable bonds is 4. The summed E-state index contributed by atoms with van der Waals surface area (Å²) in [5, 5.41) is 0.